The number of rotatable bonds is 4. The van der Waals surface area contributed by atoms with Gasteiger partial charge in [-0.3, -0.25) is 4.40 Å². The number of fused-ring (bicyclic) bond motifs is 3. The number of hydrogen-bond donors (Lipinski definition) is 1. The number of para-hydroxylation sites is 2. The van der Waals surface area contributed by atoms with E-state index in [0.717, 1.165) is 47.6 Å². The number of nitrogens with zero attached hydrogens (tertiary/aromatic N) is 5. The zero-order chi connectivity index (χ0) is 18.8. The molecule has 1 amide bonds. The molecule has 1 N–H and O–H groups in total. The van der Waals surface area contributed by atoms with Gasteiger partial charge in [-0.2, -0.15) is 0 Å². The molecule has 0 spiro atoms. The average Bonchev–Trinajstić information content (AvgIpc) is 3.14. The molecule has 0 saturated carbocycles. The van der Waals surface area contributed by atoms with Crippen molar-refractivity contribution in [2.45, 2.75) is 39.2 Å². The Morgan fingerprint density at radius 2 is 2.00 bits per heavy atom. The molecule has 0 atom stereocenters. The summed E-state index contributed by atoms with van der Waals surface area (Å²) < 4.78 is 7.17. The molecule has 142 valence electrons. The Bertz CT molecular complexity index is 961. The van der Waals surface area contributed by atoms with Gasteiger partial charge in [-0.25, -0.2) is 9.78 Å². The third-order valence-electron chi connectivity index (χ3n) is 4.97. The summed E-state index contributed by atoms with van der Waals surface area (Å²) in [5.41, 5.74) is 2.67. The van der Waals surface area contributed by atoms with Crippen LogP contribution in [-0.4, -0.2) is 56.3 Å². The Labute approximate surface area is 157 Å². The van der Waals surface area contributed by atoms with Gasteiger partial charge in [0.25, 0.3) is 0 Å². The molecule has 3 heterocycles. The molecule has 1 aliphatic heterocycles. The first-order valence-corrected chi connectivity index (χ1v) is 9.52. The van der Waals surface area contributed by atoms with Crippen LogP contribution in [0.2, 0.25) is 0 Å². The molecule has 27 heavy (non-hydrogen) atoms. The molecule has 3 aromatic rings. The lowest BCUT2D eigenvalue weighted by Gasteiger charge is -2.31. The SMILES string of the molecule is CCOC(=O)N1CCC(Nc2nc3ccccc3n3c(CC)nnc23)CC1. The third kappa shape index (κ3) is 3.27. The normalized spacial score (nSPS) is 15.4. The zero-order valence-electron chi connectivity index (χ0n) is 15.7. The van der Waals surface area contributed by atoms with E-state index in [-0.39, 0.29) is 12.1 Å². The Hall–Kier alpha value is -2.90. The first-order valence-electron chi connectivity index (χ1n) is 9.52. The summed E-state index contributed by atoms with van der Waals surface area (Å²) >= 11 is 0. The second kappa shape index (κ2) is 7.38. The number of hydrogen-bond acceptors (Lipinski definition) is 6. The van der Waals surface area contributed by atoms with E-state index in [1.165, 1.54) is 0 Å². The number of nitrogens with one attached hydrogen (secondary N) is 1. The lowest BCUT2D eigenvalue weighted by Crippen LogP contribution is -2.42. The van der Waals surface area contributed by atoms with Crippen LogP contribution in [0.1, 0.15) is 32.5 Å². The fourth-order valence-corrected chi connectivity index (χ4v) is 3.58. The molecular weight excluding hydrogens is 344 g/mol. The molecular formula is C19H24N6O2. The van der Waals surface area contributed by atoms with Crippen molar-refractivity contribution < 1.29 is 9.53 Å². The van der Waals surface area contributed by atoms with Gasteiger partial charge in [0.2, 0.25) is 5.65 Å². The van der Waals surface area contributed by atoms with Crippen molar-refractivity contribution >= 4 is 28.6 Å². The molecule has 0 radical (unpaired) electrons. The van der Waals surface area contributed by atoms with E-state index in [0.29, 0.717) is 19.7 Å². The van der Waals surface area contributed by atoms with Crippen LogP contribution in [0.25, 0.3) is 16.7 Å². The fourth-order valence-electron chi connectivity index (χ4n) is 3.58. The summed E-state index contributed by atoms with van der Waals surface area (Å²) in [5.74, 6) is 1.67. The summed E-state index contributed by atoms with van der Waals surface area (Å²) in [6, 6.07) is 8.26. The highest BCUT2D eigenvalue weighted by atomic mass is 16.6. The first kappa shape index (κ1) is 17.5. The van der Waals surface area contributed by atoms with E-state index >= 15 is 0 Å². The Morgan fingerprint density at radius 3 is 2.74 bits per heavy atom. The minimum Gasteiger partial charge on any atom is -0.450 e. The number of aryl methyl sites for hydroxylation is 1. The van der Waals surface area contributed by atoms with Gasteiger partial charge in [-0.15, -0.1) is 10.2 Å². The van der Waals surface area contributed by atoms with E-state index < -0.39 is 0 Å². The summed E-state index contributed by atoms with van der Waals surface area (Å²) in [7, 11) is 0. The van der Waals surface area contributed by atoms with Crippen LogP contribution in [0.5, 0.6) is 0 Å². The van der Waals surface area contributed by atoms with E-state index in [1.807, 2.05) is 31.2 Å². The molecule has 0 aliphatic carbocycles. The number of benzene rings is 1. The molecule has 1 saturated heterocycles. The molecule has 8 heteroatoms. The average molecular weight is 368 g/mol. The van der Waals surface area contributed by atoms with Crippen molar-refractivity contribution in [2.75, 3.05) is 25.0 Å². The van der Waals surface area contributed by atoms with Crippen molar-refractivity contribution in [2.24, 2.45) is 0 Å². The lowest BCUT2D eigenvalue weighted by atomic mass is 10.1. The topological polar surface area (TPSA) is 84.7 Å². The van der Waals surface area contributed by atoms with E-state index in [1.54, 1.807) is 4.90 Å². The van der Waals surface area contributed by atoms with Gasteiger partial charge in [-0.05, 0) is 31.9 Å². The highest BCUT2D eigenvalue weighted by molar-refractivity contribution is 5.83. The van der Waals surface area contributed by atoms with Gasteiger partial charge >= 0.3 is 6.09 Å². The molecule has 1 aliphatic rings. The maximum atomic E-state index is 11.9. The van der Waals surface area contributed by atoms with Crippen LogP contribution in [0.3, 0.4) is 0 Å². The van der Waals surface area contributed by atoms with Gasteiger partial charge in [0.15, 0.2) is 5.82 Å². The Kier molecular flexibility index (Phi) is 4.79. The number of carbonyl (C=O) groups is 1. The van der Waals surface area contributed by atoms with E-state index in [9.17, 15) is 4.79 Å². The standard InChI is InChI=1S/C19H24N6O2/c1-3-16-22-23-18-17(21-14-7-5-6-8-15(14)25(16)18)20-13-9-11-24(12-10-13)19(26)27-4-2/h5-8,13H,3-4,9-12H2,1-2H3,(H,20,21). The lowest BCUT2D eigenvalue weighted by molar-refractivity contribution is 0.0983. The van der Waals surface area contributed by atoms with Crippen molar-refractivity contribution in [3.8, 4) is 0 Å². The number of ether oxygens (including phenoxy) is 1. The smallest absolute Gasteiger partial charge is 0.409 e. The number of likely N-dealkylation sites (tertiary alicyclic amines) is 1. The van der Waals surface area contributed by atoms with Crippen molar-refractivity contribution in [1.82, 2.24) is 24.5 Å². The van der Waals surface area contributed by atoms with Gasteiger partial charge in [0.1, 0.15) is 5.82 Å². The van der Waals surface area contributed by atoms with Crippen molar-refractivity contribution in [1.29, 1.82) is 0 Å². The molecule has 0 unspecified atom stereocenters. The molecule has 0 bridgehead atoms. The van der Waals surface area contributed by atoms with Crippen LogP contribution in [0.15, 0.2) is 24.3 Å². The predicted molar refractivity (Wildman–Crippen MR) is 103 cm³/mol. The zero-order valence-corrected chi connectivity index (χ0v) is 15.7. The Morgan fingerprint density at radius 1 is 1.22 bits per heavy atom. The summed E-state index contributed by atoms with van der Waals surface area (Å²) in [4.78, 5) is 18.4. The van der Waals surface area contributed by atoms with E-state index in [2.05, 4.69) is 26.8 Å². The molecule has 8 nitrogen and oxygen atoms in total. The van der Waals surface area contributed by atoms with Gasteiger partial charge in [-0.1, -0.05) is 19.1 Å². The molecule has 1 fully saturated rings. The minimum absolute atomic E-state index is 0.229. The quantitative estimate of drug-likeness (QED) is 0.762. The highest BCUT2D eigenvalue weighted by Crippen LogP contribution is 2.24. The monoisotopic (exact) mass is 368 g/mol. The maximum absolute atomic E-state index is 11.9. The van der Waals surface area contributed by atoms with Crippen LogP contribution in [0.4, 0.5) is 10.6 Å². The third-order valence-corrected chi connectivity index (χ3v) is 4.97. The molecule has 4 rings (SSSR count). The second-order valence-electron chi connectivity index (χ2n) is 6.68. The van der Waals surface area contributed by atoms with Gasteiger partial charge < -0.3 is 15.0 Å². The highest BCUT2D eigenvalue weighted by Gasteiger charge is 2.25. The number of carbonyl (C=O) groups excluding carboxylic acids is 1. The maximum Gasteiger partial charge on any atom is 0.409 e. The number of aromatic nitrogens is 4. The number of anilines is 1. The first-order chi connectivity index (χ1) is 13.2. The fraction of sp³-hybridized carbons (Fsp3) is 0.474. The van der Waals surface area contributed by atoms with Crippen LogP contribution >= 0.6 is 0 Å². The predicted octanol–water partition coefficient (Wildman–Crippen LogP) is 2.87. The largest absolute Gasteiger partial charge is 0.450 e. The summed E-state index contributed by atoms with van der Waals surface area (Å²) in [6.07, 6.45) is 2.25. The van der Waals surface area contributed by atoms with Crippen LogP contribution in [-0.2, 0) is 11.2 Å². The van der Waals surface area contributed by atoms with Gasteiger partial charge in [0.05, 0.1) is 17.6 Å². The number of piperidine rings is 1. The second-order valence-corrected chi connectivity index (χ2v) is 6.68. The minimum atomic E-state index is -0.229. The van der Waals surface area contributed by atoms with Crippen LogP contribution in [0, 0.1) is 0 Å². The summed E-state index contributed by atoms with van der Waals surface area (Å²) in [5, 5.41) is 12.2. The van der Waals surface area contributed by atoms with Gasteiger partial charge in [0, 0.05) is 25.6 Å². The Balaban J connectivity index is 1.59. The van der Waals surface area contributed by atoms with Crippen LogP contribution < -0.4 is 5.32 Å². The van der Waals surface area contributed by atoms with Crippen molar-refractivity contribution in [3.05, 3.63) is 30.1 Å². The summed E-state index contributed by atoms with van der Waals surface area (Å²) in [6.45, 7) is 5.65. The molecule has 2 aromatic heterocycles. The van der Waals surface area contributed by atoms with Crippen molar-refractivity contribution in [3.63, 3.8) is 0 Å². The molecule has 1 aromatic carbocycles. The number of amides is 1. The van der Waals surface area contributed by atoms with E-state index in [4.69, 9.17) is 9.72 Å².